The molecule has 0 aliphatic rings. The zero-order valence-electron chi connectivity index (χ0n) is 11.0. The molecule has 0 saturated carbocycles. The quantitative estimate of drug-likeness (QED) is 0.727. The fourth-order valence-electron chi connectivity index (χ4n) is 1.72. The van der Waals surface area contributed by atoms with Gasteiger partial charge in [-0.2, -0.15) is 0 Å². The Bertz CT molecular complexity index is 437. The second-order valence-corrected chi connectivity index (χ2v) is 4.07. The number of ether oxygens (including phenoxy) is 2. The lowest BCUT2D eigenvalue weighted by atomic mass is 10.0. The summed E-state index contributed by atoms with van der Waals surface area (Å²) in [4.78, 5) is 22.3. The van der Waals surface area contributed by atoms with Crippen molar-refractivity contribution in [1.82, 2.24) is 0 Å². The van der Waals surface area contributed by atoms with E-state index in [-0.39, 0.29) is 11.8 Å². The number of benzene rings is 1. The summed E-state index contributed by atoms with van der Waals surface area (Å²) >= 11 is 0. The highest BCUT2D eigenvalue weighted by molar-refractivity contribution is 5.89. The smallest absolute Gasteiger partial charge is 0.337 e. The summed E-state index contributed by atoms with van der Waals surface area (Å²) in [5.41, 5.74) is 1.45. The van der Waals surface area contributed by atoms with Crippen LogP contribution in [0.5, 0.6) is 5.75 Å². The fourth-order valence-corrected chi connectivity index (χ4v) is 1.72. The normalized spacial score (nSPS) is 9.94. The lowest BCUT2D eigenvalue weighted by Crippen LogP contribution is -2.03. The summed E-state index contributed by atoms with van der Waals surface area (Å²) in [6, 6.07) is 5.21. The van der Waals surface area contributed by atoms with Crippen molar-refractivity contribution in [3.8, 4) is 5.75 Å². The van der Waals surface area contributed by atoms with E-state index >= 15 is 0 Å². The minimum absolute atomic E-state index is 0.181. The first kappa shape index (κ1) is 14.2. The highest BCUT2D eigenvalue weighted by atomic mass is 16.5. The molecule has 1 rings (SSSR count). The minimum Gasteiger partial charge on any atom is -0.496 e. The van der Waals surface area contributed by atoms with Gasteiger partial charge in [0.05, 0.1) is 19.8 Å². The molecule has 0 unspecified atom stereocenters. The molecule has 0 atom stereocenters. The molecule has 1 aromatic carbocycles. The van der Waals surface area contributed by atoms with E-state index in [4.69, 9.17) is 4.74 Å². The first-order valence-electron chi connectivity index (χ1n) is 5.83. The maximum absolute atomic E-state index is 11.4. The molecule has 0 radical (unpaired) electrons. The molecule has 0 aromatic heterocycles. The molecule has 4 heteroatoms. The number of methoxy groups -OCH3 is 2. The second kappa shape index (κ2) is 6.79. The molecule has 0 amide bonds. The molecule has 0 spiro atoms. The number of ketones is 1. The minimum atomic E-state index is -0.386. The van der Waals surface area contributed by atoms with E-state index in [2.05, 4.69) is 4.74 Å². The van der Waals surface area contributed by atoms with Gasteiger partial charge in [0, 0.05) is 6.42 Å². The van der Waals surface area contributed by atoms with Gasteiger partial charge >= 0.3 is 5.97 Å². The molecule has 1 aromatic rings. The lowest BCUT2D eigenvalue weighted by molar-refractivity contribution is -0.117. The Labute approximate surface area is 107 Å². The fraction of sp³-hybridized carbons (Fsp3) is 0.429. The molecule has 0 heterocycles. The van der Waals surface area contributed by atoms with Crippen molar-refractivity contribution in [1.29, 1.82) is 0 Å². The Hall–Kier alpha value is -1.84. The maximum atomic E-state index is 11.4. The Balaban J connectivity index is 2.80. The van der Waals surface area contributed by atoms with E-state index < -0.39 is 0 Å². The van der Waals surface area contributed by atoms with Crippen LogP contribution in [0.1, 0.15) is 35.7 Å². The summed E-state index contributed by atoms with van der Waals surface area (Å²) in [5.74, 6) is 0.449. The predicted octanol–water partition coefficient (Wildman–Crippen LogP) is 2.39. The van der Waals surface area contributed by atoms with Crippen LogP contribution >= 0.6 is 0 Å². The predicted molar refractivity (Wildman–Crippen MR) is 68.0 cm³/mol. The summed E-state index contributed by atoms with van der Waals surface area (Å²) in [7, 11) is 2.90. The average Bonchev–Trinajstić information content (AvgIpc) is 2.37. The molecular weight excluding hydrogens is 232 g/mol. The van der Waals surface area contributed by atoms with Crippen molar-refractivity contribution >= 4 is 11.8 Å². The third-order valence-electron chi connectivity index (χ3n) is 2.68. The van der Waals surface area contributed by atoms with E-state index in [0.717, 1.165) is 18.4 Å². The molecule has 0 bridgehead atoms. The SMILES string of the molecule is COC(=O)c1ccc(CCCC(C)=O)c(OC)c1. The lowest BCUT2D eigenvalue weighted by Gasteiger charge is -2.09. The number of aryl methyl sites for hydroxylation is 1. The number of hydrogen-bond donors (Lipinski definition) is 0. The number of hydrogen-bond acceptors (Lipinski definition) is 4. The number of carbonyl (C=O) groups is 2. The number of esters is 1. The molecule has 0 saturated heterocycles. The molecule has 0 fully saturated rings. The van der Waals surface area contributed by atoms with Crippen LogP contribution in [0.15, 0.2) is 18.2 Å². The van der Waals surface area contributed by atoms with E-state index in [1.54, 1.807) is 26.2 Å². The molecule has 0 aliphatic heterocycles. The average molecular weight is 250 g/mol. The van der Waals surface area contributed by atoms with Crippen molar-refractivity contribution in [2.24, 2.45) is 0 Å². The number of Topliss-reactive ketones (excluding diaryl/α,β-unsaturated/α-hetero) is 1. The summed E-state index contributed by atoms with van der Waals surface area (Å²) in [5, 5.41) is 0. The zero-order chi connectivity index (χ0) is 13.5. The van der Waals surface area contributed by atoms with Crippen molar-refractivity contribution in [3.05, 3.63) is 29.3 Å². The van der Waals surface area contributed by atoms with Gasteiger partial charge < -0.3 is 14.3 Å². The molecule has 4 nitrogen and oxygen atoms in total. The number of carbonyl (C=O) groups excluding carboxylic acids is 2. The van der Waals surface area contributed by atoms with Gasteiger partial charge in [-0.1, -0.05) is 6.07 Å². The molecular formula is C14H18O4. The van der Waals surface area contributed by atoms with Crippen LogP contribution in [0.2, 0.25) is 0 Å². The molecule has 0 N–H and O–H groups in total. The topological polar surface area (TPSA) is 52.6 Å². The maximum Gasteiger partial charge on any atom is 0.337 e. The van der Waals surface area contributed by atoms with Crippen LogP contribution in [0.25, 0.3) is 0 Å². The Morgan fingerprint density at radius 1 is 1.22 bits per heavy atom. The van der Waals surface area contributed by atoms with Crippen LogP contribution in [-0.4, -0.2) is 26.0 Å². The third-order valence-corrected chi connectivity index (χ3v) is 2.68. The monoisotopic (exact) mass is 250 g/mol. The van der Waals surface area contributed by atoms with Gasteiger partial charge in [-0.25, -0.2) is 4.79 Å². The van der Waals surface area contributed by atoms with Gasteiger partial charge in [-0.05, 0) is 37.5 Å². The molecule has 18 heavy (non-hydrogen) atoms. The van der Waals surface area contributed by atoms with Crippen molar-refractivity contribution in [3.63, 3.8) is 0 Å². The van der Waals surface area contributed by atoms with E-state index in [1.807, 2.05) is 6.07 Å². The zero-order valence-corrected chi connectivity index (χ0v) is 11.0. The van der Waals surface area contributed by atoms with Gasteiger partial charge in [0.25, 0.3) is 0 Å². The Kier molecular flexibility index (Phi) is 5.36. The highest BCUT2D eigenvalue weighted by Crippen LogP contribution is 2.22. The van der Waals surface area contributed by atoms with Crippen LogP contribution in [0, 0.1) is 0 Å². The summed E-state index contributed by atoms with van der Waals surface area (Å²) < 4.78 is 9.89. The van der Waals surface area contributed by atoms with Crippen molar-refractivity contribution < 1.29 is 19.1 Å². The standard InChI is InChI=1S/C14H18O4/c1-10(15)5-4-6-11-7-8-12(14(16)18-3)9-13(11)17-2/h7-9H,4-6H2,1-3H3. The van der Waals surface area contributed by atoms with Crippen molar-refractivity contribution in [2.45, 2.75) is 26.2 Å². The van der Waals surface area contributed by atoms with Gasteiger partial charge in [-0.15, -0.1) is 0 Å². The summed E-state index contributed by atoms with van der Waals surface area (Å²) in [6.07, 6.45) is 2.09. The first-order chi connectivity index (χ1) is 8.58. The van der Waals surface area contributed by atoms with Gasteiger partial charge in [0.1, 0.15) is 11.5 Å². The van der Waals surface area contributed by atoms with E-state index in [0.29, 0.717) is 17.7 Å². The molecule has 0 aliphatic carbocycles. The van der Waals surface area contributed by atoms with Gasteiger partial charge in [-0.3, -0.25) is 0 Å². The largest absolute Gasteiger partial charge is 0.496 e. The Morgan fingerprint density at radius 3 is 2.50 bits per heavy atom. The first-order valence-corrected chi connectivity index (χ1v) is 5.83. The Morgan fingerprint density at radius 2 is 1.94 bits per heavy atom. The van der Waals surface area contributed by atoms with Crippen LogP contribution in [0.4, 0.5) is 0 Å². The summed E-state index contributed by atoms with van der Waals surface area (Å²) in [6.45, 7) is 1.58. The number of rotatable bonds is 6. The van der Waals surface area contributed by atoms with Gasteiger partial charge in [0.15, 0.2) is 0 Å². The van der Waals surface area contributed by atoms with E-state index in [1.165, 1.54) is 7.11 Å². The van der Waals surface area contributed by atoms with Gasteiger partial charge in [0.2, 0.25) is 0 Å². The second-order valence-electron chi connectivity index (χ2n) is 4.07. The van der Waals surface area contributed by atoms with Crippen molar-refractivity contribution in [2.75, 3.05) is 14.2 Å². The molecule has 98 valence electrons. The third kappa shape index (κ3) is 3.87. The van der Waals surface area contributed by atoms with Crippen LogP contribution < -0.4 is 4.74 Å². The van der Waals surface area contributed by atoms with Crippen LogP contribution in [-0.2, 0) is 16.0 Å². The highest BCUT2D eigenvalue weighted by Gasteiger charge is 2.10. The van der Waals surface area contributed by atoms with Crippen LogP contribution in [0.3, 0.4) is 0 Å². The van der Waals surface area contributed by atoms with E-state index in [9.17, 15) is 9.59 Å².